The number of nitrogens with two attached hydrogens (primary N) is 1. The number of nitrogens with one attached hydrogen (secondary N) is 1. The van der Waals surface area contributed by atoms with Crippen molar-refractivity contribution in [3.63, 3.8) is 0 Å². The predicted molar refractivity (Wildman–Crippen MR) is 81.7 cm³/mol. The lowest BCUT2D eigenvalue weighted by Crippen LogP contribution is -2.13. The van der Waals surface area contributed by atoms with Gasteiger partial charge in [0.05, 0.1) is 0 Å². The standard InChI is InChI=1S/C15H16N4O3/c1-3-7-21-10-5-6-11(12(9-10)22-8-4-2)13-14(15(16)20)18-19-17-13/h3-6,9H,1-2,7-8H2,(H2,16,20)(H,17,18,19). The molecule has 114 valence electrons. The summed E-state index contributed by atoms with van der Waals surface area (Å²) in [6.07, 6.45) is 3.25. The number of aromatic amines is 1. The van der Waals surface area contributed by atoms with E-state index >= 15 is 0 Å². The summed E-state index contributed by atoms with van der Waals surface area (Å²) in [5.74, 6) is 0.412. The Bertz CT molecular complexity index is 694. The number of ether oxygens (including phenoxy) is 2. The number of rotatable bonds is 8. The third-order valence-corrected chi connectivity index (χ3v) is 2.71. The van der Waals surface area contributed by atoms with Gasteiger partial charge >= 0.3 is 0 Å². The highest BCUT2D eigenvalue weighted by molar-refractivity contribution is 5.97. The largest absolute Gasteiger partial charge is 0.489 e. The molecule has 22 heavy (non-hydrogen) atoms. The van der Waals surface area contributed by atoms with Gasteiger partial charge in [-0.2, -0.15) is 15.4 Å². The fourth-order valence-corrected chi connectivity index (χ4v) is 1.80. The number of aromatic nitrogens is 3. The summed E-state index contributed by atoms with van der Waals surface area (Å²) in [4.78, 5) is 11.4. The third kappa shape index (κ3) is 3.32. The van der Waals surface area contributed by atoms with Gasteiger partial charge in [0.15, 0.2) is 5.69 Å². The maximum Gasteiger partial charge on any atom is 0.271 e. The van der Waals surface area contributed by atoms with Crippen LogP contribution in [0.2, 0.25) is 0 Å². The molecule has 7 heteroatoms. The Morgan fingerprint density at radius 1 is 1.23 bits per heavy atom. The molecule has 0 saturated carbocycles. The summed E-state index contributed by atoms with van der Waals surface area (Å²) < 4.78 is 11.1. The number of carbonyl (C=O) groups is 1. The van der Waals surface area contributed by atoms with Crippen molar-refractivity contribution < 1.29 is 14.3 Å². The molecule has 0 atom stereocenters. The average molecular weight is 300 g/mol. The molecule has 3 N–H and O–H groups in total. The van der Waals surface area contributed by atoms with Gasteiger partial charge in [-0.05, 0) is 12.1 Å². The maximum absolute atomic E-state index is 11.4. The van der Waals surface area contributed by atoms with Gasteiger partial charge in [0.2, 0.25) is 0 Å². The molecule has 0 aliphatic carbocycles. The van der Waals surface area contributed by atoms with E-state index in [9.17, 15) is 4.79 Å². The van der Waals surface area contributed by atoms with Crippen molar-refractivity contribution in [2.75, 3.05) is 13.2 Å². The molecule has 0 bridgehead atoms. The molecular formula is C15H16N4O3. The first kappa shape index (κ1) is 15.3. The normalized spacial score (nSPS) is 10.0. The van der Waals surface area contributed by atoms with Crippen molar-refractivity contribution in [1.82, 2.24) is 15.4 Å². The molecule has 0 spiro atoms. The van der Waals surface area contributed by atoms with E-state index in [4.69, 9.17) is 15.2 Å². The van der Waals surface area contributed by atoms with Crippen LogP contribution >= 0.6 is 0 Å². The Kier molecular flexibility index (Phi) is 4.92. The number of hydrogen-bond donors (Lipinski definition) is 2. The molecule has 1 heterocycles. The zero-order valence-corrected chi connectivity index (χ0v) is 11.9. The predicted octanol–water partition coefficient (Wildman–Crippen LogP) is 1.70. The van der Waals surface area contributed by atoms with Gasteiger partial charge < -0.3 is 15.2 Å². The zero-order valence-electron chi connectivity index (χ0n) is 11.9. The average Bonchev–Trinajstić information content (AvgIpc) is 3.00. The molecule has 0 aliphatic rings. The molecule has 2 aromatic rings. The molecule has 0 aliphatic heterocycles. The number of nitrogens with zero attached hydrogens (tertiary/aromatic N) is 2. The minimum absolute atomic E-state index is 0.0446. The maximum atomic E-state index is 11.4. The summed E-state index contributed by atoms with van der Waals surface area (Å²) in [5.41, 5.74) is 6.23. The summed E-state index contributed by atoms with van der Waals surface area (Å²) in [6, 6.07) is 5.15. The quantitative estimate of drug-likeness (QED) is 0.722. The van der Waals surface area contributed by atoms with Crippen LogP contribution < -0.4 is 15.2 Å². The van der Waals surface area contributed by atoms with Crippen LogP contribution in [0.25, 0.3) is 11.3 Å². The highest BCUT2D eigenvalue weighted by Gasteiger charge is 2.19. The van der Waals surface area contributed by atoms with Gasteiger partial charge in [0.25, 0.3) is 5.91 Å². The van der Waals surface area contributed by atoms with E-state index in [0.29, 0.717) is 36.0 Å². The summed E-state index contributed by atoms with van der Waals surface area (Å²) in [7, 11) is 0. The molecule has 1 aromatic heterocycles. The van der Waals surface area contributed by atoms with Crippen LogP contribution in [0.15, 0.2) is 43.5 Å². The molecule has 0 fully saturated rings. The fraction of sp³-hybridized carbons (Fsp3) is 0.133. The fourth-order valence-electron chi connectivity index (χ4n) is 1.80. The SMILES string of the molecule is C=CCOc1ccc(-c2n[nH]nc2C(N)=O)c(OCC=C)c1. The lowest BCUT2D eigenvalue weighted by Gasteiger charge is -2.11. The van der Waals surface area contributed by atoms with Gasteiger partial charge in [0.1, 0.15) is 30.4 Å². The first-order chi connectivity index (χ1) is 10.7. The van der Waals surface area contributed by atoms with Crippen molar-refractivity contribution in [3.8, 4) is 22.8 Å². The molecular weight excluding hydrogens is 284 g/mol. The van der Waals surface area contributed by atoms with Crippen LogP contribution in [0.5, 0.6) is 11.5 Å². The van der Waals surface area contributed by atoms with E-state index in [1.54, 1.807) is 30.4 Å². The van der Waals surface area contributed by atoms with Crippen LogP contribution in [0, 0.1) is 0 Å². The number of benzene rings is 1. The highest BCUT2D eigenvalue weighted by atomic mass is 16.5. The number of amides is 1. The Labute approximate surface area is 127 Å². The highest BCUT2D eigenvalue weighted by Crippen LogP contribution is 2.33. The molecule has 0 unspecified atom stereocenters. The third-order valence-electron chi connectivity index (χ3n) is 2.71. The summed E-state index contributed by atoms with van der Waals surface area (Å²) >= 11 is 0. The van der Waals surface area contributed by atoms with Crippen molar-refractivity contribution in [2.24, 2.45) is 5.73 Å². The van der Waals surface area contributed by atoms with E-state index in [1.165, 1.54) is 0 Å². The number of carbonyl (C=O) groups excluding carboxylic acids is 1. The Balaban J connectivity index is 2.44. The van der Waals surface area contributed by atoms with Crippen LogP contribution in [-0.4, -0.2) is 34.5 Å². The van der Waals surface area contributed by atoms with E-state index < -0.39 is 5.91 Å². The molecule has 0 saturated heterocycles. The van der Waals surface area contributed by atoms with Gasteiger partial charge in [-0.15, -0.1) is 0 Å². The first-order valence-corrected chi connectivity index (χ1v) is 6.49. The lowest BCUT2D eigenvalue weighted by molar-refractivity contribution is 0.0996. The first-order valence-electron chi connectivity index (χ1n) is 6.49. The van der Waals surface area contributed by atoms with Crippen molar-refractivity contribution in [2.45, 2.75) is 0 Å². The topological polar surface area (TPSA) is 103 Å². The summed E-state index contributed by atoms with van der Waals surface area (Å²) in [5, 5.41) is 10.1. The van der Waals surface area contributed by atoms with Gasteiger partial charge in [-0.25, -0.2) is 0 Å². The Morgan fingerprint density at radius 3 is 2.64 bits per heavy atom. The molecule has 7 nitrogen and oxygen atoms in total. The van der Waals surface area contributed by atoms with Crippen molar-refractivity contribution in [3.05, 3.63) is 49.2 Å². The second kappa shape index (κ2) is 7.07. The van der Waals surface area contributed by atoms with E-state index in [-0.39, 0.29) is 5.69 Å². The van der Waals surface area contributed by atoms with Gasteiger partial charge in [-0.1, -0.05) is 25.3 Å². The van der Waals surface area contributed by atoms with Crippen molar-refractivity contribution in [1.29, 1.82) is 0 Å². The summed E-state index contributed by atoms with van der Waals surface area (Å²) in [6.45, 7) is 7.87. The minimum Gasteiger partial charge on any atom is -0.489 e. The Morgan fingerprint density at radius 2 is 1.95 bits per heavy atom. The van der Waals surface area contributed by atoms with Crippen LogP contribution in [0.4, 0.5) is 0 Å². The molecule has 0 radical (unpaired) electrons. The van der Waals surface area contributed by atoms with E-state index in [2.05, 4.69) is 28.6 Å². The number of H-pyrrole nitrogens is 1. The van der Waals surface area contributed by atoms with Gasteiger partial charge in [-0.3, -0.25) is 4.79 Å². The number of hydrogen-bond acceptors (Lipinski definition) is 5. The van der Waals surface area contributed by atoms with Crippen molar-refractivity contribution >= 4 is 5.91 Å². The van der Waals surface area contributed by atoms with E-state index in [1.807, 2.05) is 0 Å². The monoisotopic (exact) mass is 300 g/mol. The minimum atomic E-state index is -0.676. The van der Waals surface area contributed by atoms with E-state index in [0.717, 1.165) is 0 Å². The zero-order chi connectivity index (χ0) is 15.9. The Hall–Kier alpha value is -3.09. The molecule has 1 amide bonds. The molecule has 1 aromatic carbocycles. The lowest BCUT2D eigenvalue weighted by atomic mass is 10.1. The van der Waals surface area contributed by atoms with Gasteiger partial charge in [0, 0.05) is 11.6 Å². The second-order valence-electron chi connectivity index (χ2n) is 4.24. The van der Waals surface area contributed by atoms with Crippen LogP contribution in [0.1, 0.15) is 10.5 Å². The molecule has 2 rings (SSSR count). The number of primary amides is 1. The smallest absolute Gasteiger partial charge is 0.271 e. The van der Waals surface area contributed by atoms with Crippen LogP contribution in [-0.2, 0) is 0 Å². The second-order valence-corrected chi connectivity index (χ2v) is 4.24. The van der Waals surface area contributed by atoms with Crippen LogP contribution in [0.3, 0.4) is 0 Å².